The number of methoxy groups -OCH3 is 1. The number of amides is 3. The molecule has 0 spiro atoms. The maximum Gasteiger partial charge on any atom is 0.311 e. The van der Waals surface area contributed by atoms with Crippen molar-refractivity contribution in [3.8, 4) is 5.75 Å². The number of hydrogen-bond donors (Lipinski definition) is 2. The Hall–Kier alpha value is -3.88. The highest BCUT2D eigenvalue weighted by atomic mass is 16.5. The first-order valence-electron chi connectivity index (χ1n) is 11.2. The summed E-state index contributed by atoms with van der Waals surface area (Å²) < 4.78 is 10.3. The van der Waals surface area contributed by atoms with Crippen LogP contribution in [0, 0.1) is 5.92 Å². The smallest absolute Gasteiger partial charge is 0.311 e. The van der Waals surface area contributed by atoms with Gasteiger partial charge in [-0.05, 0) is 36.1 Å². The highest BCUT2D eigenvalue weighted by Crippen LogP contribution is 2.23. The number of anilines is 1. The second-order valence-corrected chi connectivity index (χ2v) is 7.86. The third-order valence-electron chi connectivity index (χ3n) is 5.66. The summed E-state index contributed by atoms with van der Waals surface area (Å²) in [6, 6.07) is 12.4. The molecule has 1 aliphatic rings. The fourth-order valence-electron chi connectivity index (χ4n) is 3.82. The van der Waals surface area contributed by atoms with Crippen LogP contribution in [0.2, 0.25) is 0 Å². The minimum atomic E-state index is -0.785. The molecule has 0 bridgehead atoms. The summed E-state index contributed by atoms with van der Waals surface area (Å²) in [5, 5.41) is 3.93. The summed E-state index contributed by atoms with van der Waals surface area (Å²) in [6.45, 7) is 3.50. The van der Waals surface area contributed by atoms with Gasteiger partial charge >= 0.3 is 5.97 Å². The van der Waals surface area contributed by atoms with Gasteiger partial charge in [-0.25, -0.2) is 0 Å². The number of nitrogens with zero attached hydrogens (tertiary/aromatic N) is 1. The quantitative estimate of drug-likeness (QED) is 0.548. The number of carbonyl (C=O) groups is 4. The van der Waals surface area contributed by atoms with Crippen molar-refractivity contribution < 1.29 is 28.7 Å². The van der Waals surface area contributed by atoms with Gasteiger partial charge in [-0.1, -0.05) is 44.2 Å². The fourth-order valence-corrected chi connectivity index (χ4v) is 3.82. The predicted molar refractivity (Wildman–Crippen MR) is 125 cm³/mol. The van der Waals surface area contributed by atoms with Crippen LogP contribution in [-0.2, 0) is 32.0 Å². The van der Waals surface area contributed by atoms with E-state index >= 15 is 0 Å². The van der Waals surface area contributed by atoms with Gasteiger partial charge < -0.3 is 14.8 Å². The van der Waals surface area contributed by atoms with Crippen LogP contribution in [-0.4, -0.2) is 49.0 Å². The molecular weight excluding hydrogens is 438 g/mol. The van der Waals surface area contributed by atoms with E-state index in [2.05, 4.69) is 10.7 Å². The molecule has 9 heteroatoms. The summed E-state index contributed by atoms with van der Waals surface area (Å²) >= 11 is 0. The van der Waals surface area contributed by atoms with E-state index in [0.29, 0.717) is 5.75 Å². The van der Waals surface area contributed by atoms with E-state index in [4.69, 9.17) is 9.47 Å². The van der Waals surface area contributed by atoms with Crippen molar-refractivity contribution in [2.45, 2.75) is 33.1 Å². The van der Waals surface area contributed by atoms with Gasteiger partial charge in [-0.3, -0.25) is 29.6 Å². The topological polar surface area (TPSA) is 114 Å². The van der Waals surface area contributed by atoms with Crippen molar-refractivity contribution in [1.29, 1.82) is 0 Å². The average molecular weight is 468 g/mol. The molecule has 0 radical (unpaired) electrons. The van der Waals surface area contributed by atoms with Gasteiger partial charge in [-0.2, -0.15) is 0 Å². The molecule has 2 aromatic rings. The Balaban J connectivity index is 1.54. The standard InChI is InChI=1S/C25H29N3O6/c1-4-16-9-8-10-17(5-2)23(16)26-21(29)15-34-25(32)18-13-22(30)28(14-18)27-24(31)19-11-6-7-12-20(19)33-3/h6-12,18H,4-5,13-15H2,1-3H3,(H,26,29)(H,27,31)/t18-/m1/s1. The Morgan fingerprint density at radius 2 is 1.71 bits per heavy atom. The highest BCUT2D eigenvalue weighted by molar-refractivity contribution is 5.99. The first-order valence-corrected chi connectivity index (χ1v) is 11.2. The number of esters is 1. The summed E-state index contributed by atoms with van der Waals surface area (Å²) in [4.78, 5) is 49.8. The Kier molecular flexibility index (Phi) is 8.24. The van der Waals surface area contributed by atoms with Crippen molar-refractivity contribution in [2.75, 3.05) is 25.6 Å². The molecule has 0 saturated carbocycles. The van der Waals surface area contributed by atoms with Crippen molar-refractivity contribution >= 4 is 29.4 Å². The van der Waals surface area contributed by atoms with E-state index in [1.165, 1.54) is 7.11 Å². The van der Waals surface area contributed by atoms with Crippen LogP contribution in [0.5, 0.6) is 5.75 Å². The van der Waals surface area contributed by atoms with Crippen LogP contribution in [0.1, 0.15) is 41.8 Å². The largest absolute Gasteiger partial charge is 0.496 e. The number of rotatable bonds is 9. The van der Waals surface area contributed by atoms with Gasteiger partial charge in [0.05, 0.1) is 25.1 Å². The van der Waals surface area contributed by atoms with Crippen LogP contribution in [0.4, 0.5) is 5.69 Å². The van der Waals surface area contributed by atoms with Gasteiger partial charge in [0, 0.05) is 12.1 Å². The highest BCUT2D eigenvalue weighted by Gasteiger charge is 2.37. The Labute approximate surface area is 198 Å². The van der Waals surface area contributed by atoms with E-state index in [9.17, 15) is 19.2 Å². The number of ether oxygens (including phenoxy) is 2. The number of benzene rings is 2. The molecule has 0 unspecified atom stereocenters. The monoisotopic (exact) mass is 467 g/mol. The van der Waals surface area contributed by atoms with Crippen molar-refractivity contribution in [3.63, 3.8) is 0 Å². The molecule has 0 aliphatic carbocycles. The lowest BCUT2D eigenvalue weighted by atomic mass is 10.0. The lowest BCUT2D eigenvalue weighted by molar-refractivity contribution is -0.151. The third-order valence-corrected chi connectivity index (χ3v) is 5.66. The van der Waals surface area contributed by atoms with Crippen LogP contribution >= 0.6 is 0 Å². The number of hydrogen-bond acceptors (Lipinski definition) is 6. The number of hydrazine groups is 1. The summed E-state index contributed by atoms with van der Waals surface area (Å²) in [7, 11) is 1.44. The molecule has 3 amide bonds. The minimum Gasteiger partial charge on any atom is -0.496 e. The molecule has 2 N–H and O–H groups in total. The fraction of sp³-hybridized carbons (Fsp3) is 0.360. The normalized spacial score (nSPS) is 15.1. The maximum absolute atomic E-state index is 12.5. The van der Waals surface area contributed by atoms with Crippen molar-refractivity contribution in [3.05, 3.63) is 59.2 Å². The number of carbonyl (C=O) groups excluding carboxylic acids is 4. The van der Waals surface area contributed by atoms with Crippen LogP contribution in [0.15, 0.2) is 42.5 Å². The van der Waals surface area contributed by atoms with Crippen molar-refractivity contribution in [1.82, 2.24) is 10.4 Å². The first-order chi connectivity index (χ1) is 16.4. The van der Waals surface area contributed by atoms with Crippen LogP contribution < -0.4 is 15.5 Å². The molecule has 180 valence electrons. The number of nitrogens with one attached hydrogen (secondary N) is 2. The molecule has 1 fully saturated rings. The van der Waals surface area contributed by atoms with Gasteiger partial charge in [0.1, 0.15) is 5.75 Å². The third kappa shape index (κ3) is 5.72. The molecule has 1 atom stereocenters. The Morgan fingerprint density at radius 1 is 1.03 bits per heavy atom. The zero-order chi connectivity index (χ0) is 24.7. The average Bonchev–Trinajstić information content (AvgIpc) is 3.22. The van der Waals surface area contributed by atoms with E-state index < -0.39 is 36.2 Å². The van der Waals surface area contributed by atoms with Crippen LogP contribution in [0.3, 0.4) is 0 Å². The van der Waals surface area contributed by atoms with Gasteiger partial charge in [0.25, 0.3) is 11.8 Å². The van der Waals surface area contributed by atoms with E-state index in [0.717, 1.165) is 34.7 Å². The molecule has 3 rings (SSSR count). The zero-order valence-electron chi connectivity index (χ0n) is 19.6. The Bertz CT molecular complexity index is 1060. The second-order valence-electron chi connectivity index (χ2n) is 7.86. The molecule has 2 aromatic carbocycles. The summed E-state index contributed by atoms with van der Waals surface area (Å²) in [5.41, 5.74) is 5.52. The molecule has 9 nitrogen and oxygen atoms in total. The van der Waals surface area contributed by atoms with E-state index in [1.54, 1.807) is 24.3 Å². The lowest BCUT2D eigenvalue weighted by Gasteiger charge is -2.18. The Morgan fingerprint density at radius 3 is 2.35 bits per heavy atom. The maximum atomic E-state index is 12.5. The molecular formula is C25H29N3O6. The van der Waals surface area contributed by atoms with E-state index in [1.807, 2.05) is 32.0 Å². The SMILES string of the molecule is CCc1cccc(CC)c1NC(=O)COC(=O)[C@@H]1CC(=O)N(NC(=O)c2ccccc2OC)C1. The van der Waals surface area contributed by atoms with Crippen LogP contribution in [0.25, 0.3) is 0 Å². The summed E-state index contributed by atoms with van der Waals surface area (Å²) in [6.07, 6.45) is 1.39. The lowest BCUT2D eigenvalue weighted by Crippen LogP contribution is -2.43. The van der Waals surface area contributed by atoms with E-state index in [-0.39, 0.29) is 18.5 Å². The van der Waals surface area contributed by atoms with Gasteiger partial charge in [-0.15, -0.1) is 0 Å². The number of para-hydroxylation sites is 2. The number of aryl methyl sites for hydroxylation is 2. The molecule has 1 saturated heterocycles. The molecule has 1 heterocycles. The summed E-state index contributed by atoms with van der Waals surface area (Å²) in [5.74, 6) is -2.48. The van der Waals surface area contributed by atoms with Gasteiger partial charge in [0.2, 0.25) is 5.91 Å². The van der Waals surface area contributed by atoms with Crippen molar-refractivity contribution in [2.24, 2.45) is 5.92 Å². The second kappa shape index (κ2) is 11.3. The predicted octanol–water partition coefficient (Wildman–Crippen LogP) is 2.50. The van der Waals surface area contributed by atoms with Gasteiger partial charge in [0.15, 0.2) is 6.61 Å². The molecule has 34 heavy (non-hydrogen) atoms. The molecule has 1 aliphatic heterocycles. The zero-order valence-corrected chi connectivity index (χ0v) is 19.6. The minimum absolute atomic E-state index is 0.0428. The molecule has 0 aromatic heterocycles. The first kappa shape index (κ1) is 24.8.